The second kappa shape index (κ2) is 8.26. The fourth-order valence-corrected chi connectivity index (χ4v) is 5.04. The van der Waals surface area contributed by atoms with Crippen LogP contribution < -0.4 is 9.44 Å². The van der Waals surface area contributed by atoms with Crippen LogP contribution in [0.5, 0.6) is 0 Å². The number of nitrogens with one attached hydrogen (secondary N) is 2. The SMILES string of the molecule is Cc1ccc(CS(=O)(=O)Nc2ccc(S(=O)(=O)Nc3ccccc3C)cc2)cc1. The molecule has 2 N–H and O–H groups in total. The number of aryl methyl sites for hydroxylation is 2. The molecule has 0 spiro atoms. The lowest BCUT2D eigenvalue weighted by molar-refractivity contribution is 0.599. The first-order valence-corrected chi connectivity index (χ1v) is 12.0. The van der Waals surface area contributed by atoms with Crippen LogP contribution in [0, 0.1) is 13.8 Å². The first-order valence-electron chi connectivity index (χ1n) is 8.89. The van der Waals surface area contributed by atoms with E-state index in [1.54, 1.807) is 24.3 Å². The van der Waals surface area contributed by atoms with Crippen LogP contribution in [0.4, 0.5) is 11.4 Å². The predicted molar refractivity (Wildman–Crippen MR) is 116 cm³/mol. The van der Waals surface area contributed by atoms with Crippen molar-refractivity contribution in [3.8, 4) is 0 Å². The van der Waals surface area contributed by atoms with Crippen molar-refractivity contribution < 1.29 is 16.8 Å². The van der Waals surface area contributed by atoms with Gasteiger partial charge in [-0.1, -0.05) is 48.0 Å². The van der Waals surface area contributed by atoms with E-state index in [9.17, 15) is 16.8 Å². The molecule has 0 aliphatic carbocycles. The summed E-state index contributed by atoms with van der Waals surface area (Å²) in [6, 6.07) is 19.9. The van der Waals surface area contributed by atoms with E-state index >= 15 is 0 Å². The second-order valence-corrected chi connectivity index (χ2v) is 10.2. The molecule has 0 saturated carbocycles. The van der Waals surface area contributed by atoms with Crippen molar-refractivity contribution in [1.29, 1.82) is 0 Å². The fourth-order valence-electron chi connectivity index (χ4n) is 2.71. The molecule has 0 aliphatic heterocycles. The van der Waals surface area contributed by atoms with Gasteiger partial charge in [0.15, 0.2) is 0 Å². The number of benzene rings is 3. The van der Waals surface area contributed by atoms with Crippen molar-refractivity contribution in [2.75, 3.05) is 9.44 Å². The molecule has 0 fully saturated rings. The Balaban J connectivity index is 1.72. The topological polar surface area (TPSA) is 92.3 Å². The minimum absolute atomic E-state index is 0.0437. The summed E-state index contributed by atoms with van der Waals surface area (Å²) in [6.07, 6.45) is 0. The Bertz CT molecular complexity index is 1200. The Hall–Kier alpha value is -2.84. The summed E-state index contributed by atoms with van der Waals surface area (Å²) >= 11 is 0. The Morgan fingerprint density at radius 2 is 1.34 bits per heavy atom. The Labute approximate surface area is 171 Å². The van der Waals surface area contributed by atoms with Gasteiger partial charge in [-0.15, -0.1) is 0 Å². The van der Waals surface area contributed by atoms with Crippen LogP contribution in [-0.4, -0.2) is 16.8 Å². The van der Waals surface area contributed by atoms with Crippen molar-refractivity contribution in [3.05, 3.63) is 89.5 Å². The molecule has 29 heavy (non-hydrogen) atoms. The third kappa shape index (κ3) is 5.58. The summed E-state index contributed by atoms with van der Waals surface area (Å²) in [4.78, 5) is 0.0437. The minimum atomic E-state index is -3.78. The van der Waals surface area contributed by atoms with Gasteiger partial charge < -0.3 is 0 Å². The van der Waals surface area contributed by atoms with Gasteiger partial charge in [0, 0.05) is 5.69 Å². The minimum Gasteiger partial charge on any atom is -0.283 e. The highest BCUT2D eigenvalue weighted by molar-refractivity contribution is 7.92. The Morgan fingerprint density at radius 1 is 0.724 bits per heavy atom. The van der Waals surface area contributed by atoms with Gasteiger partial charge in [0.2, 0.25) is 10.0 Å². The van der Waals surface area contributed by atoms with Crippen LogP contribution in [0.3, 0.4) is 0 Å². The summed E-state index contributed by atoms with van der Waals surface area (Å²) in [5, 5.41) is 0. The fraction of sp³-hybridized carbons (Fsp3) is 0.143. The highest BCUT2D eigenvalue weighted by Gasteiger charge is 2.16. The Morgan fingerprint density at radius 3 is 1.97 bits per heavy atom. The zero-order chi connectivity index (χ0) is 21.1. The van der Waals surface area contributed by atoms with E-state index in [0.29, 0.717) is 16.9 Å². The molecule has 0 heterocycles. The monoisotopic (exact) mass is 430 g/mol. The summed E-state index contributed by atoms with van der Waals surface area (Å²) in [5.41, 5.74) is 3.32. The number of anilines is 2. The van der Waals surface area contributed by atoms with Gasteiger partial charge in [0.05, 0.1) is 16.3 Å². The Kier molecular flexibility index (Phi) is 5.95. The summed E-state index contributed by atoms with van der Waals surface area (Å²) in [5.74, 6) is -0.165. The van der Waals surface area contributed by atoms with E-state index < -0.39 is 20.0 Å². The van der Waals surface area contributed by atoms with Crippen molar-refractivity contribution in [1.82, 2.24) is 0 Å². The maximum absolute atomic E-state index is 12.6. The molecule has 3 rings (SSSR count). The van der Waals surface area contributed by atoms with E-state index in [1.165, 1.54) is 24.3 Å². The molecule has 3 aromatic rings. The van der Waals surface area contributed by atoms with Crippen LogP contribution in [0.15, 0.2) is 77.7 Å². The number of para-hydroxylation sites is 1. The zero-order valence-corrected chi connectivity index (χ0v) is 17.7. The van der Waals surface area contributed by atoms with Gasteiger partial charge in [-0.05, 0) is 55.3 Å². The molecule has 0 aromatic heterocycles. The van der Waals surface area contributed by atoms with Gasteiger partial charge in [0.25, 0.3) is 10.0 Å². The molecule has 0 atom stereocenters. The van der Waals surface area contributed by atoms with Crippen LogP contribution in [0.2, 0.25) is 0 Å². The smallest absolute Gasteiger partial charge is 0.261 e. The number of rotatable bonds is 7. The molecule has 8 heteroatoms. The normalized spacial score (nSPS) is 11.8. The van der Waals surface area contributed by atoms with E-state index in [0.717, 1.165) is 11.1 Å². The van der Waals surface area contributed by atoms with Crippen LogP contribution in [-0.2, 0) is 25.8 Å². The number of hydrogen-bond donors (Lipinski definition) is 2. The average molecular weight is 431 g/mol. The third-order valence-corrected chi connectivity index (χ3v) is 6.95. The van der Waals surface area contributed by atoms with E-state index in [4.69, 9.17) is 0 Å². The highest BCUT2D eigenvalue weighted by atomic mass is 32.2. The third-order valence-electron chi connectivity index (χ3n) is 4.30. The van der Waals surface area contributed by atoms with Crippen molar-refractivity contribution in [2.45, 2.75) is 24.5 Å². The average Bonchev–Trinajstić information content (AvgIpc) is 2.65. The van der Waals surface area contributed by atoms with Gasteiger partial charge in [-0.2, -0.15) is 0 Å². The van der Waals surface area contributed by atoms with Gasteiger partial charge in [-0.3, -0.25) is 9.44 Å². The van der Waals surface area contributed by atoms with Gasteiger partial charge in [0.1, 0.15) is 0 Å². The van der Waals surface area contributed by atoms with Crippen molar-refractivity contribution >= 4 is 31.4 Å². The molecular weight excluding hydrogens is 408 g/mol. The molecular formula is C21H22N2O4S2. The molecule has 0 amide bonds. The summed E-state index contributed by atoms with van der Waals surface area (Å²) < 4.78 is 54.9. The highest BCUT2D eigenvalue weighted by Crippen LogP contribution is 2.21. The predicted octanol–water partition coefficient (Wildman–Crippen LogP) is 4.05. The van der Waals surface area contributed by atoms with Crippen LogP contribution in [0.25, 0.3) is 0 Å². The van der Waals surface area contributed by atoms with Gasteiger partial charge in [-0.25, -0.2) is 16.8 Å². The lowest BCUT2D eigenvalue weighted by Crippen LogP contribution is -2.16. The van der Waals surface area contributed by atoms with E-state index in [-0.39, 0.29) is 10.6 Å². The number of hydrogen-bond acceptors (Lipinski definition) is 4. The van der Waals surface area contributed by atoms with Crippen molar-refractivity contribution in [2.24, 2.45) is 0 Å². The molecule has 0 bridgehead atoms. The maximum atomic E-state index is 12.6. The summed E-state index contributed by atoms with van der Waals surface area (Å²) in [6.45, 7) is 3.74. The molecule has 0 aliphatic rings. The number of sulfonamides is 2. The zero-order valence-electron chi connectivity index (χ0n) is 16.1. The lowest BCUT2D eigenvalue weighted by atomic mass is 10.2. The largest absolute Gasteiger partial charge is 0.283 e. The molecule has 6 nitrogen and oxygen atoms in total. The molecule has 3 aromatic carbocycles. The van der Waals surface area contributed by atoms with Gasteiger partial charge >= 0.3 is 0 Å². The summed E-state index contributed by atoms with van der Waals surface area (Å²) in [7, 11) is -7.39. The standard InChI is InChI=1S/C21H22N2O4S2/c1-16-7-9-18(10-8-16)15-28(24,25)22-19-11-13-20(14-12-19)29(26,27)23-21-6-4-3-5-17(21)2/h3-14,22-23H,15H2,1-2H3. The first kappa shape index (κ1) is 20.9. The van der Waals surface area contributed by atoms with E-state index in [2.05, 4.69) is 9.44 Å². The molecule has 0 unspecified atom stereocenters. The maximum Gasteiger partial charge on any atom is 0.261 e. The van der Waals surface area contributed by atoms with Crippen LogP contribution in [0.1, 0.15) is 16.7 Å². The molecule has 0 radical (unpaired) electrons. The lowest BCUT2D eigenvalue weighted by Gasteiger charge is -2.12. The molecule has 152 valence electrons. The van der Waals surface area contributed by atoms with Crippen LogP contribution >= 0.6 is 0 Å². The quantitative estimate of drug-likeness (QED) is 0.592. The first-order chi connectivity index (χ1) is 13.6. The second-order valence-electron chi connectivity index (χ2n) is 6.79. The van der Waals surface area contributed by atoms with Crippen molar-refractivity contribution in [3.63, 3.8) is 0 Å². The van der Waals surface area contributed by atoms with E-state index in [1.807, 2.05) is 38.1 Å². The molecule has 0 saturated heterocycles.